The zero-order valence-corrected chi connectivity index (χ0v) is 15.7. The number of carbonyl (C=O) groups excluding carboxylic acids is 1. The molecule has 0 saturated heterocycles. The van der Waals surface area contributed by atoms with Crippen molar-refractivity contribution in [2.45, 2.75) is 33.9 Å². The minimum Gasteiger partial charge on any atom is -0.362 e. The van der Waals surface area contributed by atoms with Gasteiger partial charge in [0.05, 0.1) is 5.69 Å². The quantitative estimate of drug-likeness (QED) is 0.806. The van der Waals surface area contributed by atoms with E-state index >= 15 is 0 Å². The molecule has 0 unspecified atom stereocenters. The van der Waals surface area contributed by atoms with Gasteiger partial charge >= 0.3 is 6.03 Å². The first kappa shape index (κ1) is 18.8. The average Bonchev–Trinajstić information content (AvgIpc) is 2.88. The second kappa shape index (κ2) is 8.50. The Morgan fingerprint density at radius 2 is 2.08 bits per heavy atom. The topological polar surface area (TPSA) is 75.1 Å². The van der Waals surface area contributed by atoms with Gasteiger partial charge < -0.3 is 15.5 Å². The summed E-state index contributed by atoms with van der Waals surface area (Å²) in [6.45, 7) is 7.95. The van der Waals surface area contributed by atoms with Crippen LogP contribution < -0.4 is 15.5 Å². The van der Waals surface area contributed by atoms with Crippen LogP contribution in [0.5, 0.6) is 0 Å². The first-order valence-electron chi connectivity index (χ1n) is 8.50. The van der Waals surface area contributed by atoms with E-state index < -0.39 is 0 Å². The Morgan fingerprint density at radius 1 is 1.32 bits per heavy atom. The van der Waals surface area contributed by atoms with Crippen molar-refractivity contribution < 1.29 is 4.79 Å². The maximum atomic E-state index is 12.0. The third kappa shape index (κ3) is 5.48. The number of amides is 2. The first-order chi connectivity index (χ1) is 11.9. The molecule has 1 atom stereocenters. The standard InChI is InChI=1S/C18H28N6O/c1-13(12-24-15(3)9-14(2)22-24)10-20-18(25)21-11-16-7-6-8-19-17(16)23(4)5/h6-9,13H,10-12H2,1-5H3,(H2,20,21,25)/t13-/m0/s1. The van der Waals surface area contributed by atoms with Crippen molar-refractivity contribution in [3.63, 3.8) is 0 Å². The molecule has 2 aromatic rings. The predicted octanol–water partition coefficient (Wildman–Crippen LogP) is 2.10. The summed E-state index contributed by atoms with van der Waals surface area (Å²) in [6.07, 6.45) is 1.75. The summed E-state index contributed by atoms with van der Waals surface area (Å²) in [4.78, 5) is 18.3. The van der Waals surface area contributed by atoms with Crippen molar-refractivity contribution in [2.24, 2.45) is 5.92 Å². The second-order valence-corrected chi connectivity index (χ2v) is 6.66. The Morgan fingerprint density at radius 3 is 2.72 bits per heavy atom. The van der Waals surface area contributed by atoms with Crippen molar-refractivity contribution in [1.82, 2.24) is 25.4 Å². The summed E-state index contributed by atoms with van der Waals surface area (Å²) in [6, 6.07) is 5.73. The SMILES string of the molecule is Cc1cc(C)n(C[C@@H](C)CNC(=O)NCc2cccnc2N(C)C)n1. The summed E-state index contributed by atoms with van der Waals surface area (Å²) >= 11 is 0. The molecular weight excluding hydrogens is 316 g/mol. The number of nitrogens with zero attached hydrogens (tertiary/aromatic N) is 4. The summed E-state index contributed by atoms with van der Waals surface area (Å²) in [5.74, 6) is 1.15. The van der Waals surface area contributed by atoms with E-state index in [4.69, 9.17) is 0 Å². The number of rotatable bonds is 7. The third-order valence-electron chi connectivity index (χ3n) is 3.93. The van der Waals surface area contributed by atoms with Crippen LogP contribution in [0.15, 0.2) is 24.4 Å². The van der Waals surface area contributed by atoms with Crippen LogP contribution in [-0.4, -0.2) is 41.4 Å². The number of aryl methyl sites for hydroxylation is 2. The van der Waals surface area contributed by atoms with Gasteiger partial charge in [0.2, 0.25) is 0 Å². The monoisotopic (exact) mass is 344 g/mol. The van der Waals surface area contributed by atoms with Crippen LogP contribution in [0.25, 0.3) is 0 Å². The molecular formula is C18H28N6O. The summed E-state index contributed by atoms with van der Waals surface area (Å²) in [5, 5.41) is 10.3. The Balaban J connectivity index is 1.78. The van der Waals surface area contributed by atoms with Gasteiger partial charge in [-0.3, -0.25) is 4.68 Å². The van der Waals surface area contributed by atoms with Crippen LogP contribution in [0, 0.1) is 19.8 Å². The molecule has 0 spiro atoms. The summed E-state index contributed by atoms with van der Waals surface area (Å²) in [5.41, 5.74) is 3.14. The molecule has 0 aliphatic rings. The Hall–Kier alpha value is -2.57. The largest absolute Gasteiger partial charge is 0.362 e. The molecule has 0 aromatic carbocycles. The molecule has 0 fully saturated rings. The van der Waals surface area contributed by atoms with Gasteiger partial charge in [-0.15, -0.1) is 0 Å². The fourth-order valence-corrected chi connectivity index (χ4v) is 2.70. The zero-order valence-electron chi connectivity index (χ0n) is 15.7. The molecule has 2 heterocycles. The maximum absolute atomic E-state index is 12.0. The minimum absolute atomic E-state index is 0.172. The van der Waals surface area contributed by atoms with Crippen LogP contribution >= 0.6 is 0 Å². The number of hydrogen-bond donors (Lipinski definition) is 2. The van der Waals surface area contributed by atoms with Crippen LogP contribution in [0.4, 0.5) is 10.6 Å². The number of nitrogens with one attached hydrogen (secondary N) is 2. The number of carbonyl (C=O) groups is 1. The maximum Gasteiger partial charge on any atom is 0.315 e. The lowest BCUT2D eigenvalue weighted by molar-refractivity contribution is 0.238. The molecule has 2 amide bonds. The van der Waals surface area contributed by atoms with E-state index in [-0.39, 0.29) is 6.03 Å². The molecule has 7 nitrogen and oxygen atoms in total. The number of aromatic nitrogens is 3. The molecule has 0 bridgehead atoms. The molecule has 0 aliphatic heterocycles. The number of pyridine rings is 1. The van der Waals surface area contributed by atoms with Crippen molar-refractivity contribution in [3.05, 3.63) is 41.3 Å². The van der Waals surface area contributed by atoms with Gasteiger partial charge in [-0.2, -0.15) is 5.10 Å². The number of hydrogen-bond acceptors (Lipinski definition) is 4. The van der Waals surface area contributed by atoms with E-state index in [2.05, 4.69) is 33.7 Å². The highest BCUT2D eigenvalue weighted by Gasteiger charge is 2.10. The highest BCUT2D eigenvalue weighted by molar-refractivity contribution is 5.74. The van der Waals surface area contributed by atoms with Gasteiger partial charge in [-0.25, -0.2) is 9.78 Å². The van der Waals surface area contributed by atoms with Gasteiger partial charge in [-0.05, 0) is 31.9 Å². The molecule has 136 valence electrons. The van der Waals surface area contributed by atoms with Crippen molar-refractivity contribution in [1.29, 1.82) is 0 Å². The molecule has 2 aromatic heterocycles. The van der Waals surface area contributed by atoms with Crippen LogP contribution in [0.2, 0.25) is 0 Å². The van der Waals surface area contributed by atoms with Gasteiger partial charge in [0.1, 0.15) is 5.82 Å². The van der Waals surface area contributed by atoms with E-state index in [1.54, 1.807) is 6.20 Å². The lowest BCUT2D eigenvalue weighted by Crippen LogP contribution is -2.38. The molecule has 0 aliphatic carbocycles. The fraction of sp³-hybridized carbons (Fsp3) is 0.500. The van der Waals surface area contributed by atoms with Crippen LogP contribution in [0.3, 0.4) is 0 Å². The normalized spacial score (nSPS) is 11.9. The van der Waals surface area contributed by atoms with E-state index in [0.29, 0.717) is 19.0 Å². The minimum atomic E-state index is -0.172. The predicted molar refractivity (Wildman–Crippen MR) is 99.7 cm³/mol. The van der Waals surface area contributed by atoms with Gasteiger partial charge in [0.15, 0.2) is 0 Å². The molecule has 7 heteroatoms. The lowest BCUT2D eigenvalue weighted by Gasteiger charge is -2.17. The fourth-order valence-electron chi connectivity index (χ4n) is 2.70. The molecule has 2 rings (SSSR count). The molecule has 0 saturated carbocycles. The number of urea groups is 1. The first-order valence-corrected chi connectivity index (χ1v) is 8.50. The zero-order chi connectivity index (χ0) is 18.4. The third-order valence-corrected chi connectivity index (χ3v) is 3.93. The van der Waals surface area contributed by atoms with Crippen molar-refractivity contribution in [2.75, 3.05) is 25.5 Å². The Labute approximate surface area is 149 Å². The average molecular weight is 344 g/mol. The van der Waals surface area contributed by atoms with Crippen LogP contribution in [0.1, 0.15) is 23.9 Å². The smallest absolute Gasteiger partial charge is 0.315 e. The van der Waals surface area contributed by atoms with Crippen LogP contribution in [-0.2, 0) is 13.1 Å². The van der Waals surface area contributed by atoms with Crippen molar-refractivity contribution >= 4 is 11.8 Å². The molecule has 25 heavy (non-hydrogen) atoms. The van der Waals surface area contributed by atoms with Gasteiger partial charge in [0, 0.05) is 51.2 Å². The second-order valence-electron chi connectivity index (χ2n) is 6.66. The summed E-state index contributed by atoms with van der Waals surface area (Å²) in [7, 11) is 3.87. The number of anilines is 1. The molecule has 2 N–H and O–H groups in total. The van der Waals surface area contributed by atoms with E-state index in [0.717, 1.165) is 29.3 Å². The van der Waals surface area contributed by atoms with Gasteiger partial charge in [-0.1, -0.05) is 13.0 Å². The lowest BCUT2D eigenvalue weighted by atomic mass is 10.2. The van der Waals surface area contributed by atoms with Gasteiger partial charge in [0.25, 0.3) is 0 Å². The molecule has 0 radical (unpaired) electrons. The van der Waals surface area contributed by atoms with Crippen molar-refractivity contribution in [3.8, 4) is 0 Å². The van der Waals surface area contributed by atoms with E-state index in [1.807, 2.05) is 49.7 Å². The highest BCUT2D eigenvalue weighted by atomic mass is 16.2. The summed E-state index contributed by atoms with van der Waals surface area (Å²) < 4.78 is 1.98. The van der Waals surface area contributed by atoms with E-state index in [9.17, 15) is 4.79 Å². The van der Waals surface area contributed by atoms with E-state index in [1.165, 1.54) is 0 Å². The Bertz CT molecular complexity index is 709. The Kier molecular flexibility index (Phi) is 6.38. The highest BCUT2D eigenvalue weighted by Crippen LogP contribution is 2.13.